The van der Waals surface area contributed by atoms with E-state index in [1.165, 1.54) is 37.4 Å². The number of rotatable bonds is 7. The Balaban J connectivity index is 1.98. The van der Waals surface area contributed by atoms with Crippen LogP contribution in [0.2, 0.25) is 5.02 Å². The summed E-state index contributed by atoms with van der Waals surface area (Å²) >= 11 is 9.26. The molecule has 3 aromatic rings. The number of pyridine rings is 1. The van der Waals surface area contributed by atoms with Gasteiger partial charge in [0, 0.05) is 13.2 Å². The molecule has 3 rings (SSSR count). The fraction of sp³-hybridized carbons (Fsp3) is 0.158. The second-order valence-corrected chi connectivity index (χ2v) is 9.82. The van der Waals surface area contributed by atoms with Gasteiger partial charge in [-0.2, -0.15) is 18.2 Å². The summed E-state index contributed by atoms with van der Waals surface area (Å²) in [6.07, 6.45) is -4.80. The third-order valence-electron chi connectivity index (χ3n) is 4.32. The van der Waals surface area contributed by atoms with Crippen LogP contribution >= 0.6 is 35.1 Å². The highest BCUT2D eigenvalue weighted by atomic mass is 79.9. The van der Waals surface area contributed by atoms with Gasteiger partial charge < -0.3 is 25.7 Å². The average molecular weight is 596 g/mol. The van der Waals surface area contributed by atoms with Crippen molar-refractivity contribution in [3.63, 3.8) is 0 Å². The first-order valence-corrected chi connectivity index (χ1v) is 12.4. The molecule has 1 amide bonds. The van der Waals surface area contributed by atoms with Gasteiger partial charge in [-0.25, -0.2) is 9.97 Å². The van der Waals surface area contributed by atoms with Gasteiger partial charge in [0.15, 0.2) is 5.69 Å². The molecule has 5 N–H and O–H groups in total. The predicted octanol–water partition coefficient (Wildman–Crippen LogP) is 4.83. The van der Waals surface area contributed by atoms with E-state index in [0.717, 1.165) is 0 Å². The van der Waals surface area contributed by atoms with Crippen LogP contribution in [0.4, 0.5) is 36.3 Å². The molecule has 0 bridgehead atoms. The number of nitrogens with zero attached hydrogens (tertiary/aromatic N) is 3. The zero-order chi connectivity index (χ0) is 26.0. The van der Waals surface area contributed by atoms with Gasteiger partial charge in [-0.1, -0.05) is 17.7 Å². The molecule has 0 aliphatic carbocycles. The number of halogens is 5. The van der Waals surface area contributed by atoms with E-state index >= 15 is 0 Å². The monoisotopic (exact) mass is 594 g/mol. The number of aromatic nitrogens is 3. The molecule has 0 aliphatic heterocycles. The van der Waals surface area contributed by atoms with Crippen LogP contribution < -0.4 is 16.0 Å². The summed E-state index contributed by atoms with van der Waals surface area (Å²) in [5.74, 6) is -1.56. The predicted molar refractivity (Wildman–Crippen MR) is 126 cm³/mol. The largest absolute Gasteiger partial charge is 0.421 e. The van der Waals surface area contributed by atoms with Crippen LogP contribution in [-0.2, 0) is 16.9 Å². The number of amides is 1. The Morgan fingerprint density at radius 3 is 2.43 bits per heavy atom. The molecule has 0 atom stereocenters. The standard InChI is InChI=1S/C19H16BrClF3N6O4P/c1-25-17(31)15-13(4-5-14(20)29-15)27-16-10(19(22,23)24)7-26-18(30-16)28-12-3-2-9(6-11(12)21)8-35(32,33)34/h2-7H,8H2,1H3,(H,25,31)(H2,32,33,34)(H2,26,27,28,30). The third kappa shape index (κ3) is 7.12. The summed E-state index contributed by atoms with van der Waals surface area (Å²) in [7, 11) is -2.98. The molecule has 2 aromatic heterocycles. The van der Waals surface area contributed by atoms with E-state index in [4.69, 9.17) is 21.4 Å². The number of hydrogen-bond acceptors (Lipinski definition) is 7. The molecule has 186 valence electrons. The summed E-state index contributed by atoms with van der Waals surface area (Å²) in [4.78, 5) is 41.9. The highest BCUT2D eigenvalue weighted by Crippen LogP contribution is 2.40. The fourth-order valence-electron chi connectivity index (χ4n) is 2.82. The van der Waals surface area contributed by atoms with Gasteiger partial charge in [-0.15, -0.1) is 0 Å². The van der Waals surface area contributed by atoms with Crippen molar-refractivity contribution in [2.24, 2.45) is 0 Å². The van der Waals surface area contributed by atoms with E-state index in [1.54, 1.807) is 0 Å². The van der Waals surface area contributed by atoms with Crippen LogP contribution in [0.25, 0.3) is 0 Å². The molecule has 0 aliphatic rings. The smallest absolute Gasteiger partial charge is 0.354 e. The molecular formula is C19H16BrClF3N6O4P. The number of hydrogen-bond donors (Lipinski definition) is 5. The number of alkyl halides is 3. The van der Waals surface area contributed by atoms with E-state index in [-0.39, 0.29) is 33.6 Å². The Labute approximate surface area is 209 Å². The number of carbonyl (C=O) groups excluding carboxylic acids is 1. The minimum Gasteiger partial charge on any atom is -0.354 e. The van der Waals surface area contributed by atoms with E-state index in [2.05, 4.69) is 46.8 Å². The molecule has 10 nitrogen and oxygen atoms in total. The summed E-state index contributed by atoms with van der Waals surface area (Å²) in [5, 5.41) is 7.55. The number of carbonyl (C=O) groups is 1. The molecule has 1 aromatic carbocycles. The van der Waals surface area contributed by atoms with Gasteiger partial charge in [0.05, 0.1) is 22.6 Å². The van der Waals surface area contributed by atoms with Crippen LogP contribution in [0.1, 0.15) is 21.6 Å². The minimum absolute atomic E-state index is 0.0352. The van der Waals surface area contributed by atoms with E-state index < -0.39 is 37.2 Å². The SMILES string of the molecule is CNC(=O)c1nc(Br)ccc1Nc1nc(Nc2ccc(CP(=O)(O)O)cc2Cl)ncc1C(F)(F)F. The Morgan fingerprint density at radius 2 is 1.83 bits per heavy atom. The number of nitrogens with one attached hydrogen (secondary N) is 3. The maximum absolute atomic E-state index is 13.6. The molecule has 0 saturated carbocycles. The first-order valence-electron chi connectivity index (χ1n) is 9.47. The van der Waals surface area contributed by atoms with Crippen molar-refractivity contribution in [3.05, 3.63) is 63.0 Å². The van der Waals surface area contributed by atoms with Gasteiger partial charge in [0.25, 0.3) is 5.91 Å². The highest BCUT2D eigenvalue weighted by Gasteiger charge is 2.36. The van der Waals surface area contributed by atoms with Gasteiger partial charge in [-0.05, 0) is 45.8 Å². The van der Waals surface area contributed by atoms with Crippen molar-refractivity contribution in [2.75, 3.05) is 17.7 Å². The number of anilines is 4. The first-order chi connectivity index (χ1) is 16.3. The van der Waals surface area contributed by atoms with Crippen molar-refractivity contribution >= 4 is 64.2 Å². The Kier molecular flexibility index (Phi) is 8.02. The Bertz CT molecular complexity index is 1320. The van der Waals surface area contributed by atoms with Gasteiger partial charge >= 0.3 is 13.8 Å². The third-order valence-corrected chi connectivity index (χ3v) is 5.85. The van der Waals surface area contributed by atoms with Crippen LogP contribution in [0.15, 0.2) is 41.1 Å². The maximum Gasteiger partial charge on any atom is 0.421 e. The van der Waals surface area contributed by atoms with E-state index in [0.29, 0.717) is 10.8 Å². The van der Waals surface area contributed by atoms with Crippen molar-refractivity contribution < 1.29 is 32.3 Å². The lowest BCUT2D eigenvalue weighted by Gasteiger charge is -2.16. The van der Waals surface area contributed by atoms with Gasteiger partial charge in [0.1, 0.15) is 16.0 Å². The number of benzene rings is 1. The molecule has 0 saturated heterocycles. The molecule has 0 radical (unpaired) electrons. The lowest BCUT2D eigenvalue weighted by molar-refractivity contribution is -0.137. The Hall–Kier alpha value is -2.77. The lowest BCUT2D eigenvalue weighted by Crippen LogP contribution is -2.21. The lowest BCUT2D eigenvalue weighted by atomic mass is 10.2. The fourth-order valence-corrected chi connectivity index (χ4v) is 4.05. The Morgan fingerprint density at radius 1 is 1.14 bits per heavy atom. The zero-order valence-electron chi connectivity index (χ0n) is 17.6. The van der Waals surface area contributed by atoms with Crippen LogP contribution in [0.3, 0.4) is 0 Å². The molecular weight excluding hydrogens is 580 g/mol. The molecule has 0 spiro atoms. The second-order valence-electron chi connectivity index (χ2n) is 6.95. The summed E-state index contributed by atoms with van der Waals surface area (Å²) in [6, 6.07) is 6.85. The first kappa shape index (κ1) is 26.8. The summed E-state index contributed by atoms with van der Waals surface area (Å²) in [5.41, 5.74) is -0.969. The maximum atomic E-state index is 13.6. The molecule has 0 unspecified atom stereocenters. The quantitative estimate of drug-likeness (QED) is 0.191. The second kappa shape index (κ2) is 10.5. The summed E-state index contributed by atoms with van der Waals surface area (Å²) in [6.45, 7) is 0. The minimum atomic E-state index is -4.82. The van der Waals surface area contributed by atoms with Crippen LogP contribution in [-0.4, -0.2) is 37.7 Å². The van der Waals surface area contributed by atoms with E-state index in [9.17, 15) is 22.5 Å². The van der Waals surface area contributed by atoms with Crippen LogP contribution in [0, 0.1) is 0 Å². The van der Waals surface area contributed by atoms with Crippen LogP contribution in [0.5, 0.6) is 0 Å². The highest BCUT2D eigenvalue weighted by molar-refractivity contribution is 9.10. The van der Waals surface area contributed by atoms with Crippen molar-refractivity contribution in [3.8, 4) is 0 Å². The van der Waals surface area contributed by atoms with Crippen molar-refractivity contribution in [1.82, 2.24) is 20.3 Å². The van der Waals surface area contributed by atoms with E-state index in [1.807, 2.05) is 0 Å². The molecule has 0 fully saturated rings. The molecule has 35 heavy (non-hydrogen) atoms. The molecule has 16 heteroatoms. The van der Waals surface area contributed by atoms with Crippen molar-refractivity contribution in [2.45, 2.75) is 12.3 Å². The zero-order valence-corrected chi connectivity index (χ0v) is 20.8. The van der Waals surface area contributed by atoms with Gasteiger partial charge in [-0.3, -0.25) is 9.36 Å². The normalized spacial score (nSPS) is 11.8. The van der Waals surface area contributed by atoms with Gasteiger partial charge in [0.2, 0.25) is 5.95 Å². The average Bonchev–Trinajstić information content (AvgIpc) is 2.74. The van der Waals surface area contributed by atoms with Crippen molar-refractivity contribution in [1.29, 1.82) is 0 Å². The summed E-state index contributed by atoms with van der Waals surface area (Å²) < 4.78 is 52.3. The molecule has 2 heterocycles. The topological polar surface area (TPSA) is 149 Å².